The van der Waals surface area contributed by atoms with Gasteiger partial charge in [0.1, 0.15) is 17.6 Å². The third-order valence-electron chi connectivity index (χ3n) is 5.05. The van der Waals surface area contributed by atoms with E-state index in [1.165, 1.54) is 30.2 Å². The number of pyridine rings is 1. The van der Waals surface area contributed by atoms with E-state index in [1.807, 2.05) is 0 Å². The van der Waals surface area contributed by atoms with Crippen molar-refractivity contribution in [3.05, 3.63) is 47.7 Å². The van der Waals surface area contributed by atoms with E-state index in [0.29, 0.717) is 37.5 Å². The Kier molecular flexibility index (Phi) is 5.10. The number of hydrogen-bond donors (Lipinski definition) is 3. The van der Waals surface area contributed by atoms with Crippen LogP contribution in [0.3, 0.4) is 0 Å². The van der Waals surface area contributed by atoms with Gasteiger partial charge in [0.25, 0.3) is 5.91 Å². The van der Waals surface area contributed by atoms with Crippen molar-refractivity contribution in [1.82, 2.24) is 15.8 Å². The van der Waals surface area contributed by atoms with Crippen LogP contribution in [0.1, 0.15) is 17.9 Å². The molecule has 2 aliphatic heterocycles. The Morgan fingerprint density at radius 3 is 2.71 bits per heavy atom. The number of anilines is 2. The molecule has 7 nitrogen and oxygen atoms in total. The molecule has 1 amide bonds. The lowest BCUT2D eigenvalue weighted by Crippen LogP contribution is -2.34. The number of carbonyl (C=O) groups excluding carboxylic acids is 1. The molecule has 3 heterocycles. The summed E-state index contributed by atoms with van der Waals surface area (Å²) in [7, 11) is 1.44. The van der Waals surface area contributed by atoms with Crippen LogP contribution in [0.5, 0.6) is 5.75 Å². The van der Waals surface area contributed by atoms with Crippen molar-refractivity contribution < 1.29 is 18.3 Å². The molecule has 2 aromatic rings. The van der Waals surface area contributed by atoms with Gasteiger partial charge < -0.3 is 10.1 Å². The molecular weight excluding hydrogens is 368 g/mol. The molecule has 3 N–H and O–H groups in total. The Morgan fingerprint density at radius 1 is 1.21 bits per heavy atom. The SMILES string of the molecule is COc1cc(F)cc(NC2CCN(c3ncc(C4CNNC4)cc3F)C2=O)c1. The molecule has 2 fully saturated rings. The molecule has 0 bridgehead atoms. The maximum atomic E-state index is 14.7. The minimum Gasteiger partial charge on any atom is -0.497 e. The van der Waals surface area contributed by atoms with Gasteiger partial charge in [0, 0.05) is 49.6 Å². The molecular formula is C19H21F2N5O2. The molecule has 148 valence electrons. The zero-order chi connectivity index (χ0) is 19.7. The monoisotopic (exact) mass is 389 g/mol. The van der Waals surface area contributed by atoms with Gasteiger partial charge in [-0.3, -0.25) is 20.5 Å². The van der Waals surface area contributed by atoms with Crippen LogP contribution in [0, 0.1) is 11.6 Å². The summed E-state index contributed by atoms with van der Waals surface area (Å²) in [5, 5.41) is 3.00. The van der Waals surface area contributed by atoms with Crippen LogP contribution in [-0.4, -0.2) is 43.7 Å². The topological polar surface area (TPSA) is 78.5 Å². The fourth-order valence-corrected chi connectivity index (χ4v) is 3.56. The fourth-order valence-electron chi connectivity index (χ4n) is 3.56. The highest BCUT2D eigenvalue weighted by Gasteiger charge is 2.35. The maximum absolute atomic E-state index is 14.7. The summed E-state index contributed by atoms with van der Waals surface area (Å²) in [5.74, 6) is -0.777. The van der Waals surface area contributed by atoms with Crippen LogP contribution in [0.4, 0.5) is 20.3 Å². The normalized spacial score (nSPS) is 20.0. The zero-order valence-electron chi connectivity index (χ0n) is 15.3. The van der Waals surface area contributed by atoms with Crippen molar-refractivity contribution in [3.8, 4) is 5.75 Å². The third-order valence-corrected chi connectivity index (χ3v) is 5.05. The van der Waals surface area contributed by atoms with E-state index in [4.69, 9.17) is 4.74 Å². The molecule has 2 saturated heterocycles. The first-order valence-electron chi connectivity index (χ1n) is 9.09. The number of nitrogens with one attached hydrogen (secondary N) is 3. The lowest BCUT2D eigenvalue weighted by molar-refractivity contribution is -0.117. The Bertz CT molecular complexity index is 889. The Balaban J connectivity index is 1.49. The number of rotatable bonds is 5. The summed E-state index contributed by atoms with van der Waals surface area (Å²) in [6.07, 6.45) is 2.07. The summed E-state index contributed by atoms with van der Waals surface area (Å²) >= 11 is 0. The Morgan fingerprint density at radius 2 is 2.00 bits per heavy atom. The molecule has 4 rings (SSSR count). The van der Waals surface area contributed by atoms with Crippen LogP contribution in [0.15, 0.2) is 30.5 Å². The predicted molar refractivity (Wildman–Crippen MR) is 100 cm³/mol. The van der Waals surface area contributed by atoms with Gasteiger partial charge in [-0.05, 0) is 24.1 Å². The number of ether oxygens (including phenoxy) is 1. The average molecular weight is 389 g/mol. The van der Waals surface area contributed by atoms with E-state index < -0.39 is 17.7 Å². The number of hydrazine groups is 1. The van der Waals surface area contributed by atoms with Crippen LogP contribution in [0.25, 0.3) is 0 Å². The largest absolute Gasteiger partial charge is 0.497 e. The van der Waals surface area contributed by atoms with Crippen molar-refractivity contribution in [2.45, 2.75) is 18.4 Å². The summed E-state index contributed by atoms with van der Waals surface area (Å²) in [5.41, 5.74) is 7.22. The first kappa shape index (κ1) is 18.6. The number of carbonyl (C=O) groups is 1. The van der Waals surface area contributed by atoms with E-state index in [-0.39, 0.29) is 17.6 Å². The van der Waals surface area contributed by atoms with Crippen molar-refractivity contribution in [1.29, 1.82) is 0 Å². The Labute approximate surface area is 161 Å². The van der Waals surface area contributed by atoms with Gasteiger partial charge in [-0.25, -0.2) is 13.8 Å². The molecule has 0 radical (unpaired) electrons. The van der Waals surface area contributed by atoms with Crippen molar-refractivity contribution in [3.63, 3.8) is 0 Å². The molecule has 0 aliphatic carbocycles. The highest BCUT2D eigenvalue weighted by Crippen LogP contribution is 2.28. The van der Waals surface area contributed by atoms with E-state index >= 15 is 0 Å². The summed E-state index contributed by atoms with van der Waals surface area (Å²) < 4.78 is 33.4. The van der Waals surface area contributed by atoms with Crippen LogP contribution >= 0.6 is 0 Å². The van der Waals surface area contributed by atoms with Gasteiger partial charge >= 0.3 is 0 Å². The highest BCUT2D eigenvalue weighted by molar-refractivity contribution is 6.00. The fraction of sp³-hybridized carbons (Fsp3) is 0.368. The first-order chi connectivity index (χ1) is 13.5. The smallest absolute Gasteiger partial charge is 0.250 e. The minimum atomic E-state index is -0.587. The van der Waals surface area contributed by atoms with Crippen LogP contribution in [-0.2, 0) is 4.79 Å². The van der Waals surface area contributed by atoms with E-state index in [1.54, 1.807) is 12.3 Å². The van der Waals surface area contributed by atoms with Crippen LogP contribution < -0.4 is 25.8 Å². The third kappa shape index (κ3) is 3.63. The molecule has 1 aromatic heterocycles. The maximum Gasteiger partial charge on any atom is 0.250 e. The van der Waals surface area contributed by atoms with Crippen LogP contribution in [0.2, 0.25) is 0 Å². The molecule has 0 spiro atoms. The van der Waals surface area contributed by atoms with Gasteiger partial charge in [0.15, 0.2) is 11.6 Å². The lowest BCUT2D eigenvalue weighted by Gasteiger charge is -2.18. The molecule has 1 atom stereocenters. The number of halogens is 2. The van der Waals surface area contributed by atoms with Gasteiger partial charge in [0.05, 0.1) is 7.11 Å². The van der Waals surface area contributed by atoms with E-state index in [9.17, 15) is 13.6 Å². The summed E-state index contributed by atoms with van der Waals surface area (Å²) in [6.45, 7) is 1.73. The van der Waals surface area contributed by atoms with Crippen molar-refractivity contribution in [2.24, 2.45) is 0 Å². The van der Waals surface area contributed by atoms with Gasteiger partial charge in [0.2, 0.25) is 0 Å². The molecule has 0 saturated carbocycles. The van der Waals surface area contributed by atoms with Crippen molar-refractivity contribution >= 4 is 17.4 Å². The molecule has 9 heteroatoms. The van der Waals surface area contributed by atoms with Gasteiger partial charge in [-0.2, -0.15) is 0 Å². The second-order valence-electron chi connectivity index (χ2n) is 6.89. The quantitative estimate of drug-likeness (QED) is 0.724. The minimum absolute atomic E-state index is 0.0220. The van der Waals surface area contributed by atoms with Gasteiger partial charge in [-0.15, -0.1) is 0 Å². The van der Waals surface area contributed by atoms with E-state index in [2.05, 4.69) is 21.2 Å². The first-order valence-corrected chi connectivity index (χ1v) is 9.09. The van der Waals surface area contributed by atoms with Gasteiger partial charge in [-0.1, -0.05) is 0 Å². The van der Waals surface area contributed by atoms with E-state index in [0.717, 1.165) is 5.56 Å². The Hall–Kier alpha value is -2.78. The highest BCUT2D eigenvalue weighted by atomic mass is 19.1. The molecule has 2 aliphatic rings. The molecule has 1 unspecified atom stereocenters. The number of benzene rings is 1. The van der Waals surface area contributed by atoms with Crippen molar-refractivity contribution in [2.75, 3.05) is 37.0 Å². The number of aromatic nitrogens is 1. The average Bonchev–Trinajstić information content (AvgIpc) is 3.33. The standard InChI is InChI=1S/C19H21F2N5O2/c1-28-15-6-13(20)5-14(7-15)25-17-2-3-26(19(17)27)18-16(21)4-11(8-22-18)12-9-23-24-10-12/h4-8,12,17,23-25H,2-3,9-10H2,1H3. The zero-order valence-corrected chi connectivity index (χ0v) is 15.3. The second-order valence-corrected chi connectivity index (χ2v) is 6.89. The number of methoxy groups -OCH3 is 1. The lowest BCUT2D eigenvalue weighted by atomic mass is 10.0. The molecule has 28 heavy (non-hydrogen) atoms. The number of nitrogens with zero attached hydrogens (tertiary/aromatic N) is 2. The predicted octanol–water partition coefficient (Wildman–Crippen LogP) is 1.78. The summed E-state index contributed by atoms with van der Waals surface area (Å²) in [6, 6.07) is 5.00. The second kappa shape index (κ2) is 7.69. The number of amides is 1. The number of hydrogen-bond acceptors (Lipinski definition) is 6. The summed E-state index contributed by atoms with van der Waals surface area (Å²) in [4.78, 5) is 18.3. The molecule has 1 aromatic carbocycles.